The highest BCUT2D eigenvalue weighted by Gasteiger charge is 2.05. The van der Waals surface area contributed by atoms with Crippen LogP contribution in [0.25, 0.3) is 0 Å². The summed E-state index contributed by atoms with van der Waals surface area (Å²) in [6.07, 6.45) is 1.22. The first kappa shape index (κ1) is 13.7. The topological polar surface area (TPSA) is 3.24 Å². The third-order valence-electron chi connectivity index (χ3n) is 2.95. The molecule has 0 saturated heterocycles. The molecule has 16 heavy (non-hydrogen) atoms. The summed E-state index contributed by atoms with van der Waals surface area (Å²) in [6.45, 7) is 9.98. The van der Waals surface area contributed by atoms with Crippen molar-refractivity contribution in [3.63, 3.8) is 0 Å². The van der Waals surface area contributed by atoms with Gasteiger partial charge in [0.2, 0.25) is 0 Å². The summed E-state index contributed by atoms with van der Waals surface area (Å²) in [5.74, 6) is 0. The fraction of sp³-hybridized carbons (Fsp3) is 0.571. The average Bonchev–Trinajstić information content (AvgIpc) is 2.28. The molecule has 0 bridgehead atoms. The molecule has 0 saturated carbocycles. The Labute approximate surface area is 108 Å². The summed E-state index contributed by atoms with van der Waals surface area (Å²) >= 11 is 3.49. The normalized spacial score (nSPS) is 11.1. The molecule has 0 fully saturated rings. The summed E-state index contributed by atoms with van der Waals surface area (Å²) in [5.41, 5.74) is 4.23. The molecule has 0 amide bonds. The van der Waals surface area contributed by atoms with Gasteiger partial charge in [0, 0.05) is 11.9 Å². The lowest BCUT2D eigenvalue weighted by molar-refractivity contribution is 0.281. The van der Waals surface area contributed by atoms with E-state index in [4.69, 9.17) is 0 Å². The van der Waals surface area contributed by atoms with Gasteiger partial charge in [-0.3, -0.25) is 4.90 Å². The van der Waals surface area contributed by atoms with Crippen LogP contribution in [0.15, 0.2) is 18.2 Å². The number of hydrogen-bond donors (Lipinski definition) is 0. The number of halogens is 1. The molecule has 0 unspecified atom stereocenters. The van der Waals surface area contributed by atoms with Crippen molar-refractivity contribution >= 4 is 15.9 Å². The zero-order valence-electron chi connectivity index (χ0n) is 10.6. The van der Waals surface area contributed by atoms with Crippen molar-refractivity contribution in [2.75, 3.05) is 18.4 Å². The van der Waals surface area contributed by atoms with Crippen LogP contribution in [0.3, 0.4) is 0 Å². The first-order chi connectivity index (χ1) is 7.67. The molecule has 1 rings (SSSR count). The summed E-state index contributed by atoms with van der Waals surface area (Å²) in [7, 11) is 0. The molecule has 0 aliphatic rings. The highest BCUT2D eigenvalue weighted by atomic mass is 79.9. The lowest BCUT2D eigenvalue weighted by Crippen LogP contribution is -2.24. The molecule has 2 heteroatoms. The smallest absolute Gasteiger partial charge is 0.0236 e. The molecule has 0 heterocycles. The molecule has 0 aliphatic carbocycles. The van der Waals surface area contributed by atoms with Gasteiger partial charge in [-0.15, -0.1) is 0 Å². The number of hydrogen-bond acceptors (Lipinski definition) is 1. The highest BCUT2D eigenvalue weighted by molar-refractivity contribution is 9.09. The second-order valence-electron chi connectivity index (χ2n) is 4.34. The van der Waals surface area contributed by atoms with Gasteiger partial charge in [-0.25, -0.2) is 0 Å². The molecular weight excluding hydrogens is 262 g/mol. The Bertz CT molecular complexity index is 323. The Morgan fingerprint density at radius 3 is 2.62 bits per heavy atom. The summed E-state index contributed by atoms with van der Waals surface area (Å²) < 4.78 is 0. The fourth-order valence-electron chi connectivity index (χ4n) is 1.84. The minimum absolute atomic E-state index is 1.08. The van der Waals surface area contributed by atoms with Gasteiger partial charge >= 0.3 is 0 Å². The van der Waals surface area contributed by atoms with Gasteiger partial charge in [0.15, 0.2) is 0 Å². The van der Waals surface area contributed by atoms with Crippen molar-refractivity contribution in [3.8, 4) is 0 Å². The quantitative estimate of drug-likeness (QED) is 0.716. The van der Waals surface area contributed by atoms with E-state index in [1.54, 1.807) is 0 Å². The van der Waals surface area contributed by atoms with E-state index in [-0.39, 0.29) is 0 Å². The van der Waals surface area contributed by atoms with Crippen LogP contribution in [0.5, 0.6) is 0 Å². The van der Waals surface area contributed by atoms with E-state index in [0.717, 1.165) is 18.4 Å². The van der Waals surface area contributed by atoms with Crippen LogP contribution >= 0.6 is 15.9 Å². The standard InChI is InChI=1S/C14H22BrN/c1-4-16(9-5-8-15)11-14-10-12(2)6-7-13(14)3/h6-7,10H,4-5,8-9,11H2,1-3H3. The first-order valence-corrected chi connectivity index (χ1v) is 7.14. The number of aryl methyl sites for hydroxylation is 2. The van der Waals surface area contributed by atoms with Gasteiger partial charge in [-0.1, -0.05) is 46.6 Å². The molecule has 90 valence electrons. The average molecular weight is 284 g/mol. The minimum Gasteiger partial charge on any atom is -0.299 e. The van der Waals surface area contributed by atoms with Crippen molar-refractivity contribution in [1.82, 2.24) is 4.90 Å². The van der Waals surface area contributed by atoms with Crippen molar-refractivity contribution in [2.45, 2.75) is 33.7 Å². The van der Waals surface area contributed by atoms with E-state index in [1.807, 2.05) is 0 Å². The van der Waals surface area contributed by atoms with E-state index >= 15 is 0 Å². The Hall–Kier alpha value is -0.340. The minimum atomic E-state index is 1.08. The molecule has 0 aliphatic heterocycles. The molecule has 0 atom stereocenters. The maximum atomic E-state index is 3.49. The van der Waals surface area contributed by atoms with Gasteiger partial charge < -0.3 is 0 Å². The summed E-state index contributed by atoms with van der Waals surface area (Å²) in [4.78, 5) is 2.50. The molecule has 1 aromatic carbocycles. The van der Waals surface area contributed by atoms with Crippen LogP contribution in [0.2, 0.25) is 0 Å². The molecule has 0 N–H and O–H groups in total. The molecule has 0 aromatic heterocycles. The van der Waals surface area contributed by atoms with Gasteiger partial charge in [0.1, 0.15) is 0 Å². The Morgan fingerprint density at radius 1 is 1.25 bits per heavy atom. The molecule has 0 radical (unpaired) electrons. The first-order valence-electron chi connectivity index (χ1n) is 6.01. The maximum Gasteiger partial charge on any atom is 0.0236 e. The lowest BCUT2D eigenvalue weighted by atomic mass is 10.1. The summed E-state index contributed by atoms with van der Waals surface area (Å²) in [5, 5.41) is 1.09. The van der Waals surface area contributed by atoms with E-state index in [1.165, 1.54) is 29.7 Å². The molecule has 1 nitrogen and oxygen atoms in total. The predicted octanol–water partition coefficient (Wildman–Crippen LogP) is 3.91. The maximum absolute atomic E-state index is 3.49. The number of nitrogens with zero attached hydrogens (tertiary/aromatic N) is 1. The van der Waals surface area contributed by atoms with Gasteiger partial charge in [-0.2, -0.15) is 0 Å². The number of alkyl halides is 1. The monoisotopic (exact) mass is 283 g/mol. The molecular formula is C14H22BrN. The Balaban J connectivity index is 2.65. The van der Waals surface area contributed by atoms with E-state index in [2.05, 4.69) is 59.8 Å². The molecule has 1 aromatic rings. The van der Waals surface area contributed by atoms with Crippen LogP contribution in [-0.2, 0) is 6.54 Å². The SMILES string of the molecule is CCN(CCCBr)Cc1cc(C)ccc1C. The largest absolute Gasteiger partial charge is 0.299 e. The van der Waals surface area contributed by atoms with Gasteiger partial charge in [0.05, 0.1) is 0 Å². The van der Waals surface area contributed by atoms with Crippen molar-refractivity contribution in [1.29, 1.82) is 0 Å². The second kappa shape index (κ2) is 7.08. The second-order valence-corrected chi connectivity index (χ2v) is 5.13. The number of rotatable bonds is 6. The van der Waals surface area contributed by atoms with Crippen LogP contribution in [-0.4, -0.2) is 23.3 Å². The third kappa shape index (κ3) is 4.26. The van der Waals surface area contributed by atoms with Gasteiger partial charge in [-0.05, 0) is 44.5 Å². The van der Waals surface area contributed by atoms with Crippen LogP contribution in [0.4, 0.5) is 0 Å². The van der Waals surface area contributed by atoms with E-state index in [0.29, 0.717) is 0 Å². The highest BCUT2D eigenvalue weighted by Crippen LogP contribution is 2.13. The number of benzene rings is 1. The summed E-state index contributed by atoms with van der Waals surface area (Å²) in [6, 6.07) is 6.72. The van der Waals surface area contributed by atoms with Crippen LogP contribution in [0.1, 0.15) is 30.0 Å². The predicted molar refractivity (Wildman–Crippen MR) is 75.3 cm³/mol. The van der Waals surface area contributed by atoms with E-state index < -0.39 is 0 Å². The third-order valence-corrected chi connectivity index (χ3v) is 3.51. The Morgan fingerprint density at radius 2 is 2.00 bits per heavy atom. The van der Waals surface area contributed by atoms with Gasteiger partial charge in [0.25, 0.3) is 0 Å². The molecule has 0 spiro atoms. The zero-order chi connectivity index (χ0) is 12.0. The van der Waals surface area contributed by atoms with Crippen LogP contribution in [0, 0.1) is 13.8 Å². The Kier molecular flexibility index (Phi) is 6.07. The lowest BCUT2D eigenvalue weighted by Gasteiger charge is -2.21. The van der Waals surface area contributed by atoms with Crippen molar-refractivity contribution < 1.29 is 0 Å². The van der Waals surface area contributed by atoms with E-state index in [9.17, 15) is 0 Å². The fourth-order valence-corrected chi connectivity index (χ4v) is 2.09. The zero-order valence-corrected chi connectivity index (χ0v) is 12.2. The van der Waals surface area contributed by atoms with Crippen molar-refractivity contribution in [3.05, 3.63) is 34.9 Å². The van der Waals surface area contributed by atoms with Crippen molar-refractivity contribution in [2.24, 2.45) is 0 Å². The van der Waals surface area contributed by atoms with Crippen LogP contribution < -0.4 is 0 Å².